The van der Waals surface area contributed by atoms with Gasteiger partial charge in [-0.3, -0.25) is 9.00 Å². The number of halogens is 2. The molecule has 144 valence electrons. The van der Waals surface area contributed by atoms with Crippen LogP contribution in [-0.2, 0) is 15.6 Å². The van der Waals surface area contributed by atoms with Crippen LogP contribution in [0, 0.1) is 12.7 Å². The molecule has 0 spiro atoms. The fraction of sp³-hybridized carbons (Fsp3) is 0.136. The van der Waals surface area contributed by atoms with Crippen molar-refractivity contribution in [3.63, 3.8) is 0 Å². The van der Waals surface area contributed by atoms with Gasteiger partial charge in [-0.25, -0.2) is 4.39 Å². The van der Waals surface area contributed by atoms with E-state index in [4.69, 9.17) is 11.6 Å². The third kappa shape index (κ3) is 5.06. The topological polar surface area (TPSA) is 46.2 Å². The van der Waals surface area contributed by atoms with Gasteiger partial charge in [0.05, 0.1) is 5.25 Å². The second-order valence-corrected chi connectivity index (χ2v) is 8.33. The van der Waals surface area contributed by atoms with Crippen LogP contribution >= 0.6 is 11.6 Å². The van der Waals surface area contributed by atoms with Gasteiger partial charge in [0.2, 0.25) is 5.91 Å². The van der Waals surface area contributed by atoms with E-state index in [0.29, 0.717) is 16.3 Å². The zero-order valence-electron chi connectivity index (χ0n) is 15.2. The predicted octanol–water partition coefficient (Wildman–Crippen LogP) is 5.26. The van der Waals surface area contributed by atoms with E-state index >= 15 is 0 Å². The first-order chi connectivity index (χ1) is 13.4. The molecule has 0 aliphatic rings. The number of amides is 1. The van der Waals surface area contributed by atoms with Crippen molar-refractivity contribution in [1.29, 1.82) is 0 Å². The number of benzene rings is 3. The second-order valence-electron chi connectivity index (χ2n) is 6.37. The van der Waals surface area contributed by atoms with E-state index in [1.807, 2.05) is 37.3 Å². The molecule has 1 N–H and O–H groups in total. The average molecular weight is 416 g/mol. The van der Waals surface area contributed by atoms with Gasteiger partial charge >= 0.3 is 0 Å². The third-order valence-corrected chi connectivity index (χ3v) is 6.13. The van der Waals surface area contributed by atoms with Crippen LogP contribution in [-0.4, -0.2) is 15.9 Å². The number of hydrogen-bond acceptors (Lipinski definition) is 2. The van der Waals surface area contributed by atoms with Gasteiger partial charge in [-0.05, 0) is 53.9 Å². The number of carbonyl (C=O) groups excluding carboxylic acids is 1. The monoisotopic (exact) mass is 415 g/mol. The molecule has 0 fully saturated rings. The molecule has 0 heterocycles. The first-order valence-corrected chi connectivity index (χ1v) is 10.4. The van der Waals surface area contributed by atoms with Crippen molar-refractivity contribution in [3.05, 3.63) is 100 Å². The number of anilines is 1. The van der Waals surface area contributed by atoms with Gasteiger partial charge in [-0.2, -0.15) is 0 Å². The average Bonchev–Trinajstić information content (AvgIpc) is 2.67. The lowest BCUT2D eigenvalue weighted by molar-refractivity contribution is -0.113. The Morgan fingerprint density at radius 1 is 1.04 bits per heavy atom. The highest BCUT2D eigenvalue weighted by molar-refractivity contribution is 7.86. The van der Waals surface area contributed by atoms with Gasteiger partial charge in [-0.15, -0.1) is 0 Å². The predicted molar refractivity (Wildman–Crippen MR) is 113 cm³/mol. The molecular weight excluding hydrogens is 397 g/mol. The lowest BCUT2D eigenvalue weighted by atomic mass is 10.0. The Bertz CT molecular complexity index is 993. The van der Waals surface area contributed by atoms with Crippen molar-refractivity contribution >= 4 is 34.0 Å². The summed E-state index contributed by atoms with van der Waals surface area (Å²) in [5.74, 6) is -0.900. The van der Waals surface area contributed by atoms with E-state index in [0.717, 1.165) is 11.1 Å². The van der Waals surface area contributed by atoms with Crippen LogP contribution in [0.5, 0.6) is 0 Å². The van der Waals surface area contributed by atoms with Crippen LogP contribution in [0.1, 0.15) is 21.9 Å². The first kappa shape index (κ1) is 20.2. The molecule has 28 heavy (non-hydrogen) atoms. The number of aryl methyl sites for hydroxylation is 1. The van der Waals surface area contributed by atoms with E-state index in [9.17, 15) is 13.4 Å². The van der Waals surface area contributed by atoms with E-state index in [1.54, 1.807) is 30.3 Å². The van der Waals surface area contributed by atoms with Crippen molar-refractivity contribution < 1.29 is 13.4 Å². The van der Waals surface area contributed by atoms with Crippen LogP contribution in [0.25, 0.3) is 0 Å². The van der Waals surface area contributed by atoms with Crippen LogP contribution in [0.4, 0.5) is 10.1 Å². The molecule has 0 aromatic heterocycles. The molecule has 3 aromatic rings. The van der Waals surface area contributed by atoms with Gasteiger partial charge in [0.1, 0.15) is 11.6 Å². The fourth-order valence-electron chi connectivity index (χ4n) is 2.93. The summed E-state index contributed by atoms with van der Waals surface area (Å²) in [5.41, 5.74) is 2.96. The maximum Gasteiger partial charge on any atom is 0.237 e. The fourth-order valence-corrected chi connectivity index (χ4v) is 4.57. The van der Waals surface area contributed by atoms with E-state index in [2.05, 4.69) is 5.32 Å². The molecule has 6 heteroatoms. The summed E-state index contributed by atoms with van der Waals surface area (Å²) >= 11 is 5.94. The van der Waals surface area contributed by atoms with Gasteiger partial charge in [0, 0.05) is 21.5 Å². The highest BCUT2D eigenvalue weighted by atomic mass is 35.5. The summed E-state index contributed by atoms with van der Waals surface area (Å²) in [6, 6.07) is 20.3. The minimum atomic E-state index is -1.54. The van der Waals surface area contributed by atoms with E-state index in [-0.39, 0.29) is 17.5 Å². The van der Waals surface area contributed by atoms with Crippen LogP contribution in [0.3, 0.4) is 0 Å². The van der Waals surface area contributed by atoms with Crippen molar-refractivity contribution in [1.82, 2.24) is 0 Å². The van der Waals surface area contributed by atoms with E-state index < -0.39 is 16.0 Å². The summed E-state index contributed by atoms with van der Waals surface area (Å²) in [6.07, 6.45) is 0. The maximum absolute atomic E-state index is 13.3. The quantitative estimate of drug-likeness (QED) is 0.596. The molecule has 0 radical (unpaired) electrons. The van der Waals surface area contributed by atoms with Crippen LogP contribution < -0.4 is 5.32 Å². The van der Waals surface area contributed by atoms with Crippen LogP contribution in [0.15, 0.2) is 72.8 Å². The Balaban J connectivity index is 1.81. The third-order valence-electron chi connectivity index (χ3n) is 4.27. The van der Waals surface area contributed by atoms with Gasteiger partial charge in [0.25, 0.3) is 0 Å². The molecule has 2 unspecified atom stereocenters. The Morgan fingerprint density at radius 2 is 1.68 bits per heavy atom. The number of rotatable bonds is 6. The molecule has 0 aliphatic carbocycles. The summed E-state index contributed by atoms with van der Waals surface area (Å²) in [4.78, 5) is 12.5. The molecule has 3 nitrogen and oxygen atoms in total. The summed E-state index contributed by atoms with van der Waals surface area (Å²) in [6.45, 7) is 1.84. The van der Waals surface area contributed by atoms with Crippen LogP contribution in [0.2, 0.25) is 5.02 Å². The standard InChI is InChI=1S/C22H19ClFNO2S/c1-15-13-18(23)9-12-20(15)25-21(26)14-28(27)22(16-5-3-2-4-6-16)17-7-10-19(24)11-8-17/h2-13,22H,14H2,1H3,(H,25,26). The minimum Gasteiger partial charge on any atom is -0.325 e. The largest absolute Gasteiger partial charge is 0.325 e. The lowest BCUT2D eigenvalue weighted by Crippen LogP contribution is -2.23. The van der Waals surface area contributed by atoms with Crippen molar-refractivity contribution in [3.8, 4) is 0 Å². The molecule has 2 atom stereocenters. The maximum atomic E-state index is 13.3. The Morgan fingerprint density at radius 3 is 2.32 bits per heavy atom. The van der Waals surface area contributed by atoms with Gasteiger partial charge in [-0.1, -0.05) is 54.1 Å². The SMILES string of the molecule is Cc1cc(Cl)ccc1NC(=O)CS(=O)C(c1ccccc1)c1ccc(F)cc1. The number of carbonyl (C=O) groups is 1. The summed E-state index contributed by atoms with van der Waals surface area (Å²) in [5, 5.41) is 2.84. The smallest absolute Gasteiger partial charge is 0.237 e. The Labute approximate surface area is 171 Å². The summed E-state index contributed by atoms with van der Waals surface area (Å²) in [7, 11) is -1.54. The minimum absolute atomic E-state index is 0.182. The molecule has 0 bridgehead atoms. The van der Waals surface area contributed by atoms with Crippen molar-refractivity contribution in [2.75, 3.05) is 11.1 Å². The molecule has 0 aliphatic heterocycles. The van der Waals surface area contributed by atoms with Gasteiger partial charge < -0.3 is 5.32 Å². The number of hydrogen-bond donors (Lipinski definition) is 1. The zero-order chi connectivity index (χ0) is 20.1. The Kier molecular flexibility index (Phi) is 6.60. The van der Waals surface area contributed by atoms with Crippen molar-refractivity contribution in [2.45, 2.75) is 12.2 Å². The van der Waals surface area contributed by atoms with E-state index in [1.165, 1.54) is 12.1 Å². The molecule has 0 saturated heterocycles. The number of nitrogens with one attached hydrogen (secondary N) is 1. The second kappa shape index (κ2) is 9.13. The normalized spacial score (nSPS) is 13.0. The summed E-state index contributed by atoms with van der Waals surface area (Å²) < 4.78 is 26.4. The Hall–Kier alpha value is -2.50. The van der Waals surface area contributed by atoms with Gasteiger partial charge in [0.15, 0.2) is 0 Å². The highest BCUT2D eigenvalue weighted by Gasteiger charge is 2.23. The van der Waals surface area contributed by atoms with Crippen molar-refractivity contribution in [2.24, 2.45) is 0 Å². The molecule has 3 aromatic carbocycles. The molecule has 0 saturated carbocycles. The molecule has 3 rings (SSSR count). The zero-order valence-corrected chi connectivity index (χ0v) is 16.8. The molecular formula is C22H19ClFNO2S. The molecule has 1 amide bonds. The lowest BCUT2D eigenvalue weighted by Gasteiger charge is -2.18. The first-order valence-electron chi connectivity index (χ1n) is 8.67. The highest BCUT2D eigenvalue weighted by Crippen LogP contribution is 2.29.